The molecule has 1 rings (SSSR count). The van der Waals surface area contributed by atoms with Gasteiger partial charge in [0.25, 0.3) is 0 Å². The van der Waals surface area contributed by atoms with E-state index in [4.69, 9.17) is 15.6 Å². The Morgan fingerprint density at radius 2 is 1.07 bits per heavy atom. The van der Waals surface area contributed by atoms with Crippen molar-refractivity contribution in [3.63, 3.8) is 0 Å². The van der Waals surface area contributed by atoms with Crippen molar-refractivity contribution in [1.29, 1.82) is 0 Å². The summed E-state index contributed by atoms with van der Waals surface area (Å²) in [7, 11) is 0. The van der Waals surface area contributed by atoms with E-state index < -0.39 is 110 Å². The van der Waals surface area contributed by atoms with Crippen molar-refractivity contribution in [2.45, 2.75) is 90.8 Å². The number of hydrogen-bond acceptors (Lipinski definition) is 6. The van der Waals surface area contributed by atoms with Gasteiger partial charge in [0.15, 0.2) is 6.67 Å². The molecule has 0 aromatic rings. The Kier molecular flexibility index (Phi) is 10.5. The maximum atomic E-state index is 14.0. The zero-order valence-corrected chi connectivity index (χ0v) is 19.9. The number of amides is 1. The minimum absolute atomic E-state index is 1.08. The average molecular weight is 666 g/mol. The van der Waals surface area contributed by atoms with Gasteiger partial charge in [-0.15, -0.1) is 0 Å². The summed E-state index contributed by atoms with van der Waals surface area (Å²) in [5, 5.41) is 29.7. The van der Waals surface area contributed by atoms with Gasteiger partial charge in [-0.2, -0.15) is 70.2 Å². The Morgan fingerprint density at radius 3 is 1.45 bits per heavy atom. The number of rotatable bonds is 13. The van der Waals surface area contributed by atoms with Crippen LogP contribution in [-0.2, 0) is 9.53 Å². The van der Waals surface area contributed by atoms with Crippen molar-refractivity contribution in [2.24, 2.45) is 5.73 Å². The number of carbonyl (C=O) groups excluding carboxylic acids is 1. The number of nitrogens with two attached hydrogens (primary N) is 1. The van der Waals surface area contributed by atoms with Crippen LogP contribution in [0.15, 0.2) is 0 Å². The van der Waals surface area contributed by atoms with Gasteiger partial charge in [0.2, 0.25) is 5.91 Å². The predicted octanol–water partition coefficient (Wildman–Crippen LogP) is 2.70. The molecule has 7 nitrogen and oxygen atoms in total. The molecule has 1 fully saturated rings. The fourth-order valence-electron chi connectivity index (χ4n) is 3.26. The number of nitrogens with one attached hydrogen (secondary N) is 1. The molecule has 250 valence electrons. The number of carbonyl (C=O) groups is 1. The van der Waals surface area contributed by atoms with Gasteiger partial charge in [0.05, 0.1) is 12.6 Å². The van der Waals surface area contributed by atoms with Gasteiger partial charge < -0.3 is 31.1 Å². The van der Waals surface area contributed by atoms with Crippen LogP contribution in [0.25, 0.3) is 0 Å². The van der Waals surface area contributed by atoms with Crippen LogP contribution in [0.1, 0.15) is 12.8 Å². The molecule has 42 heavy (non-hydrogen) atoms. The first-order valence-electron chi connectivity index (χ1n) is 10.7. The van der Waals surface area contributed by atoms with E-state index in [2.05, 4.69) is 0 Å². The summed E-state index contributed by atoms with van der Waals surface area (Å²) < 4.78 is 234. The van der Waals surface area contributed by atoms with Gasteiger partial charge in [-0.1, -0.05) is 0 Å². The maximum Gasteiger partial charge on any atom is 0.385 e. The number of aliphatic hydroxyl groups is 3. The fourth-order valence-corrected chi connectivity index (χ4v) is 3.26. The molecule has 0 bridgehead atoms. The molecular formula is C18H19F17N2O5. The minimum Gasteiger partial charge on any atom is -0.394 e. The van der Waals surface area contributed by atoms with Gasteiger partial charge in [0.1, 0.15) is 24.5 Å². The molecule has 0 unspecified atom stereocenters. The SMILES string of the molecule is N[C@@H]1[C@@H](O)[C@H](O)[C@@H](CO)O[C@H]1NC(=O)CCC(F)(F)C(F)(F)C(F)(F)C(F)(F)C(F)(F)C(F)(F)C(F)(F)C(F)(F)CF. The van der Waals surface area contributed by atoms with E-state index in [1.54, 1.807) is 0 Å². The van der Waals surface area contributed by atoms with E-state index >= 15 is 0 Å². The molecule has 1 aliphatic rings. The lowest BCUT2D eigenvalue weighted by molar-refractivity contribution is -0.453. The number of halogens is 17. The van der Waals surface area contributed by atoms with E-state index in [0.717, 1.165) is 0 Å². The zero-order chi connectivity index (χ0) is 33.7. The van der Waals surface area contributed by atoms with Gasteiger partial charge >= 0.3 is 47.4 Å². The van der Waals surface area contributed by atoms with Crippen LogP contribution in [0.4, 0.5) is 74.6 Å². The second-order valence-electron chi connectivity index (χ2n) is 8.89. The summed E-state index contributed by atoms with van der Waals surface area (Å²) in [4.78, 5) is 11.8. The molecule has 1 aliphatic heterocycles. The molecule has 0 saturated carbocycles. The van der Waals surface area contributed by atoms with Gasteiger partial charge in [0, 0.05) is 12.8 Å². The summed E-state index contributed by atoms with van der Waals surface area (Å²) in [5.74, 6) is -65.9. The monoisotopic (exact) mass is 666 g/mol. The molecule has 6 N–H and O–H groups in total. The molecule has 1 amide bonds. The number of hydrogen-bond donors (Lipinski definition) is 5. The van der Waals surface area contributed by atoms with Crippen LogP contribution in [0.3, 0.4) is 0 Å². The third-order valence-electron chi connectivity index (χ3n) is 6.00. The second-order valence-corrected chi connectivity index (χ2v) is 8.89. The lowest BCUT2D eigenvalue weighted by Crippen LogP contribution is -2.74. The molecule has 1 saturated heterocycles. The topological polar surface area (TPSA) is 125 Å². The summed E-state index contributed by atoms with van der Waals surface area (Å²) in [6.45, 7) is -5.06. The Labute approximate surface area is 221 Å². The quantitative estimate of drug-likeness (QED) is 0.193. The lowest BCUT2D eigenvalue weighted by Gasteiger charge is -2.43. The Bertz CT molecular complexity index is 965. The number of alkyl halides is 17. The molecule has 0 aliphatic carbocycles. The molecular weight excluding hydrogens is 647 g/mol. The third-order valence-corrected chi connectivity index (χ3v) is 6.00. The Hall–Kier alpha value is -1.92. The van der Waals surface area contributed by atoms with Crippen LogP contribution < -0.4 is 11.1 Å². The Balaban J connectivity index is 3.27. The van der Waals surface area contributed by atoms with E-state index in [0.29, 0.717) is 0 Å². The van der Waals surface area contributed by atoms with E-state index in [1.807, 2.05) is 0 Å². The van der Waals surface area contributed by atoms with Crippen molar-refractivity contribution in [3.8, 4) is 0 Å². The maximum absolute atomic E-state index is 14.0. The van der Waals surface area contributed by atoms with Crippen LogP contribution in [0.2, 0.25) is 0 Å². The highest BCUT2D eigenvalue weighted by molar-refractivity contribution is 5.76. The van der Waals surface area contributed by atoms with E-state index in [-0.39, 0.29) is 0 Å². The molecule has 0 spiro atoms. The van der Waals surface area contributed by atoms with Crippen molar-refractivity contribution in [2.75, 3.05) is 13.3 Å². The predicted molar refractivity (Wildman–Crippen MR) is 98.7 cm³/mol. The van der Waals surface area contributed by atoms with E-state index in [9.17, 15) is 89.6 Å². The normalized spacial score (nSPS) is 25.9. The summed E-state index contributed by atoms with van der Waals surface area (Å²) in [6, 6.07) is -1.84. The molecule has 0 aromatic heterocycles. The first kappa shape index (κ1) is 38.1. The first-order chi connectivity index (χ1) is 18.5. The van der Waals surface area contributed by atoms with E-state index in [1.165, 1.54) is 5.32 Å². The number of aliphatic hydroxyl groups excluding tert-OH is 3. The third kappa shape index (κ3) is 5.67. The van der Waals surface area contributed by atoms with Crippen LogP contribution >= 0.6 is 0 Å². The van der Waals surface area contributed by atoms with Gasteiger partial charge in [-0.3, -0.25) is 4.79 Å². The van der Waals surface area contributed by atoms with Crippen LogP contribution in [-0.4, -0.2) is 112 Å². The standard InChI is InChI=1S/C18H19F17N2O5/c19-4-12(22,23)14(26,27)16(30,31)18(34,35)17(32,33)15(28,29)13(24,25)11(20,21)2-1-6(39)37-10-7(36)9(41)8(40)5(3-38)42-10/h5,7-10,38,40-41H,1-4,36H2,(H,37,39)/t5-,7-,8-,9-,10-/m1/s1. The van der Waals surface area contributed by atoms with Crippen molar-refractivity contribution in [1.82, 2.24) is 5.32 Å². The molecule has 24 heteroatoms. The summed E-state index contributed by atoms with van der Waals surface area (Å²) >= 11 is 0. The lowest BCUT2D eigenvalue weighted by atomic mass is 9.87. The van der Waals surface area contributed by atoms with Crippen molar-refractivity contribution < 1.29 is 99.5 Å². The summed E-state index contributed by atoms with van der Waals surface area (Å²) in [5.41, 5.74) is 5.34. The Morgan fingerprint density at radius 1 is 0.690 bits per heavy atom. The molecule has 0 aromatic carbocycles. The van der Waals surface area contributed by atoms with Crippen molar-refractivity contribution >= 4 is 5.91 Å². The second kappa shape index (κ2) is 11.5. The highest BCUT2D eigenvalue weighted by atomic mass is 19.4. The first-order valence-corrected chi connectivity index (χ1v) is 10.7. The van der Waals surface area contributed by atoms with Crippen LogP contribution in [0, 0.1) is 0 Å². The smallest absolute Gasteiger partial charge is 0.385 e. The highest BCUT2D eigenvalue weighted by Crippen LogP contribution is 2.64. The van der Waals surface area contributed by atoms with Gasteiger partial charge in [-0.25, -0.2) is 4.39 Å². The largest absolute Gasteiger partial charge is 0.394 e. The molecule has 0 radical (unpaired) electrons. The number of ether oxygens (including phenoxy) is 1. The highest BCUT2D eigenvalue weighted by Gasteiger charge is 2.94. The van der Waals surface area contributed by atoms with Crippen molar-refractivity contribution in [3.05, 3.63) is 0 Å². The molecule has 1 heterocycles. The molecule has 5 atom stereocenters. The van der Waals surface area contributed by atoms with Crippen LogP contribution in [0.5, 0.6) is 0 Å². The fraction of sp³-hybridized carbons (Fsp3) is 0.944. The average Bonchev–Trinajstić information content (AvgIpc) is 2.86. The zero-order valence-electron chi connectivity index (χ0n) is 19.9. The van der Waals surface area contributed by atoms with Gasteiger partial charge in [-0.05, 0) is 0 Å². The minimum atomic E-state index is -8.69. The summed E-state index contributed by atoms with van der Waals surface area (Å²) in [6.07, 6.45) is -12.8.